The molecule has 1 amide bonds. The molecule has 124 valence electrons. The third-order valence-corrected chi connectivity index (χ3v) is 3.23. The summed E-state index contributed by atoms with van der Waals surface area (Å²) in [5.74, 6) is 0.784. The molecular weight excluding hydrogens is 308 g/mol. The van der Waals surface area contributed by atoms with Gasteiger partial charge in [-0.3, -0.25) is 4.79 Å². The number of ether oxygens (including phenoxy) is 1. The monoisotopic (exact) mass is 325 g/mol. The van der Waals surface area contributed by atoms with Gasteiger partial charge in [-0.2, -0.15) is 8.78 Å². The first-order chi connectivity index (χ1) is 10.9. The molecular formula is C16H17F2NO4. The maximum absolute atomic E-state index is 12.1. The summed E-state index contributed by atoms with van der Waals surface area (Å²) in [6, 6.07) is 7.20. The third kappa shape index (κ3) is 4.53. The molecule has 7 heteroatoms. The molecule has 0 aliphatic rings. The standard InChI is InChI=1S/C16H17F2NO4/c1-9-7-13(10(2)22-9)15(21)19-8-14(20)11-3-5-12(6-4-11)23-16(17)18/h3-7,14,16,20H,8H2,1-2H3,(H,19,21). The van der Waals surface area contributed by atoms with Crippen molar-refractivity contribution in [3.63, 3.8) is 0 Å². The quantitative estimate of drug-likeness (QED) is 0.856. The van der Waals surface area contributed by atoms with E-state index in [4.69, 9.17) is 4.42 Å². The number of carbonyl (C=O) groups is 1. The second kappa shape index (κ2) is 7.23. The summed E-state index contributed by atoms with van der Waals surface area (Å²) >= 11 is 0. The number of hydrogen-bond acceptors (Lipinski definition) is 4. The molecule has 1 unspecified atom stereocenters. The molecule has 0 radical (unpaired) electrons. The van der Waals surface area contributed by atoms with Crippen LogP contribution in [0.2, 0.25) is 0 Å². The molecule has 0 aliphatic heterocycles. The van der Waals surface area contributed by atoms with E-state index in [1.54, 1.807) is 19.9 Å². The lowest BCUT2D eigenvalue weighted by Gasteiger charge is -2.13. The number of furan rings is 1. The zero-order chi connectivity index (χ0) is 17.0. The summed E-state index contributed by atoms with van der Waals surface area (Å²) < 4.78 is 33.6. The Kier molecular flexibility index (Phi) is 5.33. The minimum absolute atomic E-state index is 0.00415. The number of nitrogens with one attached hydrogen (secondary N) is 1. The summed E-state index contributed by atoms with van der Waals surface area (Å²) in [4.78, 5) is 12.0. The van der Waals surface area contributed by atoms with Crippen molar-refractivity contribution in [2.45, 2.75) is 26.6 Å². The fourth-order valence-corrected chi connectivity index (χ4v) is 2.13. The first kappa shape index (κ1) is 17.0. The van der Waals surface area contributed by atoms with Gasteiger partial charge >= 0.3 is 6.61 Å². The summed E-state index contributed by atoms with van der Waals surface area (Å²) in [5, 5.41) is 12.6. The van der Waals surface area contributed by atoms with Crippen molar-refractivity contribution >= 4 is 5.91 Å². The molecule has 1 aromatic heterocycles. The number of aliphatic hydroxyl groups excluding tert-OH is 1. The predicted octanol–water partition coefficient (Wildman–Crippen LogP) is 2.96. The summed E-state index contributed by atoms with van der Waals surface area (Å²) in [6.07, 6.45) is -0.965. The Hall–Kier alpha value is -2.41. The number of amides is 1. The Labute approximate surface area is 131 Å². The second-order valence-corrected chi connectivity index (χ2v) is 5.00. The lowest BCUT2D eigenvalue weighted by atomic mass is 10.1. The van der Waals surface area contributed by atoms with Gasteiger partial charge < -0.3 is 19.6 Å². The van der Waals surface area contributed by atoms with Crippen molar-refractivity contribution < 1.29 is 27.8 Å². The highest BCUT2D eigenvalue weighted by molar-refractivity contribution is 5.95. The average molecular weight is 325 g/mol. The number of rotatable bonds is 6. The van der Waals surface area contributed by atoms with E-state index in [1.165, 1.54) is 24.3 Å². The fourth-order valence-electron chi connectivity index (χ4n) is 2.13. The van der Waals surface area contributed by atoms with Crippen LogP contribution in [0.4, 0.5) is 8.78 Å². The second-order valence-electron chi connectivity index (χ2n) is 5.00. The first-order valence-corrected chi connectivity index (χ1v) is 6.95. The molecule has 0 spiro atoms. The molecule has 23 heavy (non-hydrogen) atoms. The fraction of sp³-hybridized carbons (Fsp3) is 0.312. The van der Waals surface area contributed by atoms with Crippen molar-refractivity contribution in [1.82, 2.24) is 5.32 Å². The van der Waals surface area contributed by atoms with E-state index < -0.39 is 12.7 Å². The van der Waals surface area contributed by atoms with Crippen LogP contribution in [0.5, 0.6) is 5.75 Å². The van der Waals surface area contributed by atoms with Gasteiger partial charge in [0, 0.05) is 6.54 Å². The molecule has 1 aromatic carbocycles. The van der Waals surface area contributed by atoms with Crippen molar-refractivity contribution in [2.24, 2.45) is 0 Å². The van der Waals surface area contributed by atoms with Crippen LogP contribution in [0, 0.1) is 13.8 Å². The van der Waals surface area contributed by atoms with Crippen LogP contribution >= 0.6 is 0 Å². The summed E-state index contributed by atoms with van der Waals surface area (Å²) in [7, 11) is 0. The molecule has 0 aliphatic carbocycles. The highest BCUT2D eigenvalue weighted by Gasteiger charge is 2.15. The molecule has 2 rings (SSSR count). The molecule has 2 aromatic rings. The van der Waals surface area contributed by atoms with E-state index in [-0.39, 0.29) is 18.2 Å². The van der Waals surface area contributed by atoms with Crippen molar-refractivity contribution in [3.8, 4) is 5.75 Å². The zero-order valence-electron chi connectivity index (χ0n) is 12.7. The Balaban J connectivity index is 1.92. The number of halogens is 2. The Bertz CT molecular complexity index is 667. The van der Waals surface area contributed by atoms with Gasteiger partial charge in [0.2, 0.25) is 0 Å². The van der Waals surface area contributed by atoms with E-state index in [2.05, 4.69) is 10.1 Å². The molecule has 1 heterocycles. The number of benzene rings is 1. The molecule has 0 bridgehead atoms. The largest absolute Gasteiger partial charge is 0.466 e. The van der Waals surface area contributed by atoms with E-state index >= 15 is 0 Å². The van der Waals surface area contributed by atoms with Gasteiger partial charge in [-0.15, -0.1) is 0 Å². The molecule has 0 fully saturated rings. The summed E-state index contributed by atoms with van der Waals surface area (Å²) in [6.45, 7) is 0.506. The lowest BCUT2D eigenvalue weighted by Crippen LogP contribution is -2.28. The smallest absolute Gasteiger partial charge is 0.387 e. The van der Waals surface area contributed by atoms with E-state index in [9.17, 15) is 18.7 Å². The maximum atomic E-state index is 12.1. The highest BCUT2D eigenvalue weighted by Crippen LogP contribution is 2.19. The number of carbonyl (C=O) groups excluding carboxylic acids is 1. The van der Waals surface area contributed by atoms with Gasteiger partial charge in [-0.05, 0) is 37.6 Å². The van der Waals surface area contributed by atoms with Crippen molar-refractivity contribution in [2.75, 3.05) is 6.54 Å². The first-order valence-electron chi connectivity index (χ1n) is 6.95. The Morgan fingerprint density at radius 1 is 1.30 bits per heavy atom. The SMILES string of the molecule is Cc1cc(C(=O)NCC(O)c2ccc(OC(F)F)cc2)c(C)o1. The van der Waals surface area contributed by atoms with Gasteiger partial charge in [0.25, 0.3) is 5.91 Å². The van der Waals surface area contributed by atoms with Crippen LogP contribution in [0.25, 0.3) is 0 Å². The molecule has 1 atom stereocenters. The van der Waals surface area contributed by atoms with Crippen molar-refractivity contribution in [1.29, 1.82) is 0 Å². The molecule has 0 saturated carbocycles. The Morgan fingerprint density at radius 2 is 1.96 bits per heavy atom. The van der Waals surface area contributed by atoms with E-state index in [0.29, 0.717) is 22.6 Å². The van der Waals surface area contributed by atoms with Gasteiger partial charge in [0.1, 0.15) is 17.3 Å². The number of hydrogen-bond donors (Lipinski definition) is 2. The van der Waals surface area contributed by atoms with Crippen LogP contribution in [0.1, 0.15) is 33.5 Å². The highest BCUT2D eigenvalue weighted by atomic mass is 19.3. The third-order valence-electron chi connectivity index (χ3n) is 3.23. The number of alkyl halides is 2. The van der Waals surface area contributed by atoms with Crippen LogP contribution in [-0.4, -0.2) is 24.2 Å². The van der Waals surface area contributed by atoms with Crippen molar-refractivity contribution in [3.05, 3.63) is 53.0 Å². The Morgan fingerprint density at radius 3 is 2.48 bits per heavy atom. The zero-order valence-corrected chi connectivity index (χ0v) is 12.7. The van der Waals surface area contributed by atoms with Gasteiger partial charge in [0.05, 0.1) is 11.7 Å². The van der Waals surface area contributed by atoms with Gasteiger partial charge in [-0.1, -0.05) is 12.1 Å². The molecule has 0 saturated heterocycles. The molecule has 2 N–H and O–H groups in total. The normalized spacial score (nSPS) is 12.3. The topological polar surface area (TPSA) is 71.7 Å². The average Bonchev–Trinajstić information content (AvgIpc) is 2.83. The number of aliphatic hydroxyl groups is 1. The van der Waals surface area contributed by atoms with Gasteiger partial charge in [-0.25, -0.2) is 0 Å². The van der Waals surface area contributed by atoms with E-state index in [1.807, 2.05) is 0 Å². The predicted molar refractivity (Wildman–Crippen MR) is 78.5 cm³/mol. The van der Waals surface area contributed by atoms with Crippen LogP contribution in [0.3, 0.4) is 0 Å². The van der Waals surface area contributed by atoms with Crippen LogP contribution < -0.4 is 10.1 Å². The van der Waals surface area contributed by atoms with Gasteiger partial charge in [0.15, 0.2) is 0 Å². The van der Waals surface area contributed by atoms with Crippen LogP contribution in [-0.2, 0) is 0 Å². The summed E-state index contributed by atoms with van der Waals surface area (Å²) in [5.41, 5.74) is 0.891. The molecule has 5 nitrogen and oxygen atoms in total. The maximum Gasteiger partial charge on any atom is 0.387 e. The number of aryl methyl sites for hydroxylation is 2. The van der Waals surface area contributed by atoms with E-state index in [0.717, 1.165) is 0 Å². The minimum atomic E-state index is -2.90. The lowest BCUT2D eigenvalue weighted by molar-refractivity contribution is -0.0498. The van der Waals surface area contributed by atoms with Crippen LogP contribution in [0.15, 0.2) is 34.7 Å². The minimum Gasteiger partial charge on any atom is -0.466 e.